The minimum absolute atomic E-state index is 0. The van der Waals surface area contributed by atoms with Crippen LogP contribution in [0.1, 0.15) is 24.2 Å². The minimum atomic E-state index is -0.0297. The first-order chi connectivity index (χ1) is 13.2. The molecule has 0 saturated carbocycles. The van der Waals surface area contributed by atoms with E-state index in [0.717, 1.165) is 18.7 Å². The molecular weight excluding hydrogens is 380 g/mol. The number of nitrogens with zero attached hydrogens (tertiary/aromatic N) is 6. The van der Waals surface area contributed by atoms with Crippen molar-refractivity contribution in [3.63, 3.8) is 0 Å². The highest BCUT2D eigenvalue weighted by Gasteiger charge is 2.17. The van der Waals surface area contributed by atoms with Gasteiger partial charge in [0.05, 0.1) is 29.5 Å². The van der Waals surface area contributed by atoms with Gasteiger partial charge < -0.3 is 10.6 Å². The lowest BCUT2D eigenvalue weighted by Gasteiger charge is -2.16. The van der Waals surface area contributed by atoms with Crippen molar-refractivity contribution in [2.24, 2.45) is 15.9 Å². The van der Waals surface area contributed by atoms with Gasteiger partial charge in [-0.25, -0.2) is 15.0 Å². The normalized spacial score (nSPS) is 17.5. The maximum atomic E-state index is 11.4. The molecule has 0 aliphatic carbocycles. The molecule has 0 spiro atoms. The van der Waals surface area contributed by atoms with Crippen LogP contribution < -0.4 is 10.6 Å². The Balaban J connectivity index is 0.00000225. The lowest BCUT2D eigenvalue weighted by Crippen LogP contribution is -2.20. The zero-order chi connectivity index (χ0) is 18.6. The van der Waals surface area contributed by atoms with Gasteiger partial charge in [0.25, 0.3) is 0 Å². The zero-order valence-corrected chi connectivity index (χ0v) is 15.6. The Kier molecular flexibility index (Phi) is 5.91. The van der Waals surface area contributed by atoms with Crippen molar-refractivity contribution in [1.29, 1.82) is 5.26 Å². The van der Waals surface area contributed by atoms with Crippen LogP contribution in [0.5, 0.6) is 0 Å². The average molecular weight is 397 g/mol. The molecule has 1 atom stereocenters. The number of anilines is 3. The highest BCUT2D eigenvalue weighted by molar-refractivity contribution is 5.93. The van der Waals surface area contributed by atoms with Crippen LogP contribution >= 0.6 is 12.4 Å². The predicted molar refractivity (Wildman–Crippen MR) is 108 cm³/mol. The van der Waals surface area contributed by atoms with Crippen LogP contribution in [0.2, 0.25) is 0 Å². The van der Waals surface area contributed by atoms with E-state index in [9.17, 15) is 10.1 Å². The van der Waals surface area contributed by atoms with Gasteiger partial charge in [-0.3, -0.25) is 14.8 Å². The first-order valence-corrected chi connectivity index (χ1v) is 8.58. The van der Waals surface area contributed by atoms with Crippen molar-refractivity contribution in [2.75, 3.05) is 17.2 Å². The number of carbonyl (C=O) groups is 1. The van der Waals surface area contributed by atoms with Crippen LogP contribution in [0.25, 0.3) is 0 Å². The van der Waals surface area contributed by atoms with Gasteiger partial charge in [0.1, 0.15) is 11.8 Å². The average Bonchev–Trinajstić information content (AvgIpc) is 3.20. The summed E-state index contributed by atoms with van der Waals surface area (Å²) in [6, 6.07) is 3.78. The Morgan fingerprint density at radius 1 is 1.32 bits per heavy atom. The fraction of sp³-hybridized carbons (Fsp3) is 0.278. The van der Waals surface area contributed by atoms with Gasteiger partial charge in [0, 0.05) is 37.7 Å². The van der Waals surface area contributed by atoms with E-state index in [1.54, 1.807) is 24.7 Å². The number of amides is 1. The first-order valence-electron chi connectivity index (χ1n) is 8.58. The van der Waals surface area contributed by atoms with E-state index >= 15 is 0 Å². The van der Waals surface area contributed by atoms with Crippen LogP contribution in [-0.4, -0.2) is 39.8 Å². The molecule has 0 radical (unpaired) electrons. The van der Waals surface area contributed by atoms with E-state index in [0.29, 0.717) is 35.9 Å². The number of carbonyl (C=O) groups excluding carboxylic acids is 1. The van der Waals surface area contributed by atoms with E-state index in [4.69, 9.17) is 0 Å². The molecule has 4 heterocycles. The Labute approximate surface area is 167 Å². The highest BCUT2D eigenvalue weighted by atomic mass is 35.5. The van der Waals surface area contributed by atoms with E-state index < -0.39 is 0 Å². The van der Waals surface area contributed by atoms with Crippen LogP contribution in [0.4, 0.5) is 23.0 Å². The number of aliphatic imine (C=N–C) groups is 2. The summed E-state index contributed by atoms with van der Waals surface area (Å²) < 4.78 is 0. The van der Waals surface area contributed by atoms with Crippen LogP contribution in [0, 0.1) is 17.2 Å². The molecule has 2 aromatic heterocycles. The van der Waals surface area contributed by atoms with Crippen molar-refractivity contribution < 1.29 is 4.79 Å². The van der Waals surface area contributed by atoms with Crippen LogP contribution in [-0.2, 0) is 11.2 Å². The molecule has 9 nitrogen and oxygen atoms in total. The van der Waals surface area contributed by atoms with Crippen molar-refractivity contribution in [1.82, 2.24) is 15.0 Å². The number of nitriles is 1. The number of rotatable bonds is 4. The Morgan fingerprint density at radius 3 is 3.00 bits per heavy atom. The number of fused-ring (bicyclic) bond motifs is 1. The van der Waals surface area contributed by atoms with Crippen molar-refractivity contribution in [3.8, 4) is 6.07 Å². The second kappa shape index (κ2) is 8.54. The second-order valence-corrected chi connectivity index (χ2v) is 6.22. The monoisotopic (exact) mass is 396 g/mol. The number of hydrogen-bond donors (Lipinski definition) is 2. The topological polar surface area (TPSA) is 128 Å². The lowest BCUT2D eigenvalue weighted by atomic mass is 10.1. The molecule has 10 heteroatoms. The molecule has 0 aromatic carbocycles. The number of nitrogens with one attached hydrogen (secondary N) is 2. The summed E-state index contributed by atoms with van der Waals surface area (Å²) in [5.41, 5.74) is 2.78. The maximum absolute atomic E-state index is 11.4. The molecular formula is C18H17ClN8O. The van der Waals surface area contributed by atoms with Crippen molar-refractivity contribution in [2.45, 2.75) is 19.3 Å². The van der Waals surface area contributed by atoms with Gasteiger partial charge in [0.2, 0.25) is 11.9 Å². The third kappa shape index (κ3) is 4.29. The summed E-state index contributed by atoms with van der Waals surface area (Å²) in [6.45, 7) is 0.803. The predicted octanol–water partition coefficient (Wildman–Crippen LogP) is 2.59. The van der Waals surface area contributed by atoms with Crippen LogP contribution in [0.3, 0.4) is 0 Å². The summed E-state index contributed by atoms with van der Waals surface area (Å²) in [4.78, 5) is 32.8. The third-order valence-electron chi connectivity index (χ3n) is 4.25. The number of halogens is 1. The van der Waals surface area contributed by atoms with Gasteiger partial charge in [-0.15, -0.1) is 12.4 Å². The molecule has 28 heavy (non-hydrogen) atoms. The Morgan fingerprint density at radius 2 is 2.21 bits per heavy atom. The molecule has 142 valence electrons. The maximum Gasteiger partial charge on any atom is 0.227 e. The largest absolute Gasteiger partial charge is 0.323 e. The molecule has 2 N–H and O–H groups in total. The minimum Gasteiger partial charge on any atom is -0.323 e. The first kappa shape index (κ1) is 19.4. The smallest absolute Gasteiger partial charge is 0.227 e. The van der Waals surface area contributed by atoms with E-state index in [2.05, 4.69) is 35.6 Å². The number of pyridine rings is 1. The Bertz CT molecular complexity index is 998. The molecule has 4 rings (SSSR count). The lowest BCUT2D eigenvalue weighted by molar-refractivity contribution is -0.116. The molecule has 2 aliphatic rings. The third-order valence-corrected chi connectivity index (χ3v) is 4.25. The van der Waals surface area contributed by atoms with E-state index in [1.165, 1.54) is 0 Å². The molecule has 0 saturated heterocycles. The quantitative estimate of drug-likeness (QED) is 0.764. The number of hydrogen-bond acceptors (Lipinski definition) is 8. The van der Waals surface area contributed by atoms with Gasteiger partial charge in [-0.1, -0.05) is 0 Å². The molecule has 0 fully saturated rings. The van der Waals surface area contributed by atoms with Gasteiger partial charge in [-0.05, 0) is 12.5 Å². The fourth-order valence-corrected chi connectivity index (χ4v) is 2.85. The second-order valence-electron chi connectivity index (χ2n) is 6.22. The molecule has 2 aliphatic heterocycles. The summed E-state index contributed by atoms with van der Waals surface area (Å²) in [6.07, 6.45) is 8.68. The highest BCUT2D eigenvalue weighted by Crippen LogP contribution is 2.25. The summed E-state index contributed by atoms with van der Waals surface area (Å²) in [5.74, 6) is 0.555. The van der Waals surface area contributed by atoms with E-state index in [1.807, 2.05) is 12.3 Å². The van der Waals surface area contributed by atoms with E-state index in [-0.39, 0.29) is 29.9 Å². The molecule has 2 aromatic rings. The molecule has 0 unspecified atom stereocenters. The summed E-state index contributed by atoms with van der Waals surface area (Å²) >= 11 is 0. The zero-order valence-electron chi connectivity index (χ0n) is 14.8. The molecule has 0 bridgehead atoms. The standard InChI is InChI=1S/C18H16N8O.ClH/c19-6-15-14(21-8-11-3-4-20-7-11)5-12(9-22-15)24-18-23-10-16-13(26-18)1-2-17(27)25-16;/h5,7-11H,1-4H2,(H,25,27)(H,23,24,26);1H/t11-;/m1./s1. The number of aromatic nitrogens is 3. The van der Waals surface area contributed by atoms with Crippen molar-refractivity contribution in [3.05, 3.63) is 29.8 Å². The summed E-state index contributed by atoms with van der Waals surface area (Å²) in [5, 5.41) is 15.1. The fourth-order valence-electron chi connectivity index (χ4n) is 2.85. The molecule has 1 amide bonds. The SMILES string of the molecule is Cl.N#Cc1ncc(Nc2ncc3c(n2)CCC(=O)N3)cc1N=C[C@H]1C=NCC1. The van der Waals surface area contributed by atoms with Gasteiger partial charge in [-0.2, -0.15) is 5.26 Å². The summed E-state index contributed by atoms with van der Waals surface area (Å²) in [7, 11) is 0. The van der Waals surface area contributed by atoms with Gasteiger partial charge in [0.15, 0.2) is 5.69 Å². The Hall–Kier alpha value is -3.38. The number of aryl methyl sites for hydroxylation is 1. The van der Waals surface area contributed by atoms with Crippen molar-refractivity contribution >= 4 is 53.8 Å². The van der Waals surface area contributed by atoms with Gasteiger partial charge >= 0.3 is 0 Å². The van der Waals surface area contributed by atoms with Crippen LogP contribution in [0.15, 0.2) is 28.4 Å².